The first-order valence-electron chi connectivity index (χ1n) is 9.25. The number of pyridine rings is 1. The highest BCUT2D eigenvalue weighted by Gasteiger charge is 2.19. The van der Waals surface area contributed by atoms with Gasteiger partial charge in [-0.25, -0.2) is 4.98 Å². The lowest BCUT2D eigenvalue weighted by atomic mass is 10.1. The maximum Gasteiger partial charge on any atom is 0.317 e. The zero-order valence-corrected chi connectivity index (χ0v) is 14.9. The second kappa shape index (κ2) is 8.30. The Hall–Kier alpha value is -2.14. The summed E-state index contributed by atoms with van der Waals surface area (Å²) in [7, 11) is 0. The summed E-state index contributed by atoms with van der Waals surface area (Å²) in [5, 5.41) is 10.3. The van der Waals surface area contributed by atoms with Gasteiger partial charge in [-0.1, -0.05) is 25.1 Å². The molecule has 0 atom stereocenters. The van der Waals surface area contributed by atoms with Crippen molar-refractivity contribution in [3.05, 3.63) is 35.9 Å². The molecular formula is C20H27N3O2. The summed E-state index contributed by atoms with van der Waals surface area (Å²) in [5.41, 5.74) is 2.14. The Morgan fingerprint density at radius 1 is 1.24 bits per heavy atom. The standard InChI is InChI=1S/C20H27N3O2/c1-2-10-22(15-19(24)25)14-17-13-16-8-4-5-9-18(16)21-20(17)23-11-6-3-7-12-23/h4-5,8-9,13H,2-3,6-7,10-12,14-15H2,1H3,(H,24,25). The molecule has 0 amide bonds. The van der Waals surface area contributed by atoms with Gasteiger partial charge in [0.25, 0.3) is 0 Å². The number of carboxylic acids is 1. The van der Waals surface area contributed by atoms with Crippen LogP contribution in [0.1, 0.15) is 38.2 Å². The number of piperidine rings is 1. The molecule has 1 aromatic heterocycles. The second-order valence-corrected chi connectivity index (χ2v) is 6.82. The molecule has 1 aliphatic heterocycles. The minimum Gasteiger partial charge on any atom is -0.480 e. The molecule has 1 saturated heterocycles. The number of nitrogens with zero attached hydrogens (tertiary/aromatic N) is 3. The van der Waals surface area contributed by atoms with Crippen molar-refractivity contribution >= 4 is 22.7 Å². The van der Waals surface area contributed by atoms with Crippen molar-refractivity contribution < 1.29 is 9.90 Å². The van der Waals surface area contributed by atoms with Gasteiger partial charge in [0.1, 0.15) is 5.82 Å². The lowest BCUT2D eigenvalue weighted by Gasteiger charge is -2.31. The van der Waals surface area contributed by atoms with Crippen molar-refractivity contribution in [2.45, 2.75) is 39.2 Å². The van der Waals surface area contributed by atoms with E-state index >= 15 is 0 Å². The molecule has 5 heteroatoms. The largest absolute Gasteiger partial charge is 0.480 e. The number of aliphatic carboxylic acids is 1. The van der Waals surface area contributed by atoms with Crippen LogP contribution in [0.4, 0.5) is 5.82 Å². The van der Waals surface area contributed by atoms with Crippen LogP contribution in [0.5, 0.6) is 0 Å². The van der Waals surface area contributed by atoms with Gasteiger partial charge >= 0.3 is 5.97 Å². The van der Waals surface area contributed by atoms with Gasteiger partial charge in [-0.3, -0.25) is 9.69 Å². The number of carbonyl (C=O) groups is 1. The molecule has 2 aromatic rings. The molecular weight excluding hydrogens is 314 g/mol. The SMILES string of the molecule is CCCN(CC(=O)O)Cc1cc2ccccc2nc1N1CCCCC1. The number of anilines is 1. The van der Waals surface area contributed by atoms with E-state index in [1.165, 1.54) is 19.3 Å². The molecule has 0 aliphatic carbocycles. The summed E-state index contributed by atoms with van der Waals surface area (Å²) < 4.78 is 0. The number of fused-ring (bicyclic) bond motifs is 1. The quantitative estimate of drug-likeness (QED) is 0.835. The topological polar surface area (TPSA) is 56.7 Å². The maximum atomic E-state index is 11.2. The Labute approximate surface area is 149 Å². The third-order valence-electron chi connectivity index (χ3n) is 4.73. The summed E-state index contributed by atoms with van der Waals surface area (Å²) in [6.45, 7) is 5.62. The van der Waals surface area contributed by atoms with Crippen molar-refractivity contribution in [2.75, 3.05) is 31.1 Å². The fourth-order valence-electron chi connectivity index (χ4n) is 3.61. The van der Waals surface area contributed by atoms with Gasteiger partial charge in [-0.15, -0.1) is 0 Å². The molecule has 134 valence electrons. The Balaban J connectivity index is 1.96. The molecule has 1 aliphatic rings. The number of carboxylic acid groups (broad SMARTS) is 1. The minimum absolute atomic E-state index is 0.0696. The van der Waals surface area contributed by atoms with Gasteiger partial charge in [0, 0.05) is 30.6 Å². The molecule has 5 nitrogen and oxygen atoms in total. The van der Waals surface area contributed by atoms with E-state index in [-0.39, 0.29) is 6.54 Å². The molecule has 1 fully saturated rings. The van der Waals surface area contributed by atoms with E-state index < -0.39 is 5.97 Å². The van der Waals surface area contributed by atoms with Gasteiger partial charge in [0.15, 0.2) is 0 Å². The fourth-order valence-corrected chi connectivity index (χ4v) is 3.61. The Morgan fingerprint density at radius 2 is 2.00 bits per heavy atom. The van der Waals surface area contributed by atoms with Gasteiger partial charge in [-0.2, -0.15) is 0 Å². The van der Waals surface area contributed by atoms with Crippen LogP contribution < -0.4 is 4.90 Å². The lowest BCUT2D eigenvalue weighted by Crippen LogP contribution is -2.34. The zero-order valence-electron chi connectivity index (χ0n) is 14.9. The molecule has 0 bridgehead atoms. The highest BCUT2D eigenvalue weighted by molar-refractivity contribution is 5.82. The van der Waals surface area contributed by atoms with E-state index in [9.17, 15) is 9.90 Å². The van der Waals surface area contributed by atoms with Crippen LogP contribution in [0, 0.1) is 0 Å². The predicted octanol–water partition coefficient (Wildman–Crippen LogP) is 3.52. The van der Waals surface area contributed by atoms with Gasteiger partial charge in [-0.05, 0) is 44.4 Å². The third kappa shape index (κ3) is 4.48. The van der Waals surface area contributed by atoms with E-state index in [1.807, 2.05) is 23.1 Å². The summed E-state index contributed by atoms with van der Waals surface area (Å²) in [4.78, 5) is 20.5. The first kappa shape index (κ1) is 17.7. The molecule has 25 heavy (non-hydrogen) atoms. The molecule has 0 spiro atoms. The van der Waals surface area contributed by atoms with Crippen LogP contribution in [0.2, 0.25) is 0 Å². The van der Waals surface area contributed by atoms with Crippen LogP contribution in [-0.2, 0) is 11.3 Å². The number of hydrogen-bond acceptors (Lipinski definition) is 4. The van der Waals surface area contributed by atoms with E-state index in [0.29, 0.717) is 6.54 Å². The van der Waals surface area contributed by atoms with Crippen molar-refractivity contribution in [1.82, 2.24) is 9.88 Å². The summed E-state index contributed by atoms with van der Waals surface area (Å²) in [5.74, 6) is 0.256. The maximum absolute atomic E-state index is 11.2. The molecule has 0 saturated carbocycles. The van der Waals surface area contributed by atoms with Crippen LogP contribution in [0.3, 0.4) is 0 Å². The lowest BCUT2D eigenvalue weighted by molar-refractivity contribution is -0.138. The molecule has 2 heterocycles. The van der Waals surface area contributed by atoms with Gasteiger partial charge in [0.2, 0.25) is 0 Å². The summed E-state index contributed by atoms with van der Waals surface area (Å²) >= 11 is 0. The van der Waals surface area contributed by atoms with E-state index in [0.717, 1.165) is 48.3 Å². The fraction of sp³-hybridized carbons (Fsp3) is 0.500. The molecule has 0 unspecified atom stereocenters. The van der Waals surface area contributed by atoms with Crippen molar-refractivity contribution in [3.8, 4) is 0 Å². The third-order valence-corrected chi connectivity index (χ3v) is 4.73. The average molecular weight is 341 g/mol. The van der Waals surface area contributed by atoms with Gasteiger partial charge in [0.05, 0.1) is 12.1 Å². The summed E-state index contributed by atoms with van der Waals surface area (Å²) in [6, 6.07) is 10.4. The highest BCUT2D eigenvalue weighted by Crippen LogP contribution is 2.27. The van der Waals surface area contributed by atoms with Crippen molar-refractivity contribution in [1.29, 1.82) is 0 Å². The average Bonchev–Trinajstić information content (AvgIpc) is 2.61. The van der Waals surface area contributed by atoms with E-state index in [2.05, 4.69) is 24.0 Å². The number of benzene rings is 1. The zero-order chi connectivity index (χ0) is 17.6. The Kier molecular flexibility index (Phi) is 5.87. The number of rotatable bonds is 7. The van der Waals surface area contributed by atoms with Crippen LogP contribution >= 0.6 is 0 Å². The number of para-hydroxylation sites is 1. The molecule has 0 radical (unpaired) electrons. The molecule has 1 N–H and O–H groups in total. The molecule has 3 rings (SSSR count). The Morgan fingerprint density at radius 3 is 2.72 bits per heavy atom. The summed E-state index contributed by atoms with van der Waals surface area (Å²) in [6.07, 6.45) is 4.61. The van der Waals surface area contributed by atoms with Crippen molar-refractivity contribution in [2.24, 2.45) is 0 Å². The second-order valence-electron chi connectivity index (χ2n) is 6.82. The number of hydrogen-bond donors (Lipinski definition) is 1. The van der Waals surface area contributed by atoms with Crippen molar-refractivity contribution in [3.63, 3.8) is 0 Å². The minimum atomic E-state index is -0.776. The first-order chi connectivity index (χ1) is 12.2. The highest BCUT2D eigenvalue weighted by atomic mass is 16.4. The van der Waals surface area contributed by atoms with Gasteiger partial charge < -0.3 is 10.0 Å². The smallest absolute Gasteiger partial charge is 0.317 e. The Bertz CT molecular complexity index is 726. The molecule has 1 aromatic carbocycles. The first-order valence-corrected chi connectivity index (χ1v) is 9.25. The normalized spacial score (nSPS) is 15.0. The monoisotopic (exact) mass is 341 g/mol. The van der Waals surface area contributed by atoms with Crippen LogP contribution in [0.15, 0.2) is 30.3 Å². The predicted molar refractivity (Wildman–Crippen MR) is 101 cm³/mol. The van der Waals surface area contributed by atoms with E-state index in [1.54, 1.807) is 0 Å². The van der Waals surface area contributed by atoms with Crippen LogP contribution in [0.25, 0.3) is 10.9 Å². The van der Waals surface area contributed by atoms with E-state index in [4.69, 9.17) is 4.98 Å². The number of aromatic nitrogens is 1. The van der Waals surface area contributed by atoms with Crippen LogP contribution in [-0.4, -0.2) is 47.1 Å².